The molecule has 0 amide bonds. The average molecular weight is 201 g/mol. The van der Waals surface area contributed by atoms with Crippen LogP contribution in [0.3, 0.4) is 0 Å². The molecule has 2 unspecified atom stereocenters. The molecule has 0 heterocycles. The Labute approximate surface area is 86.3 Å². The normalized spacial score (nSPS) is 25.7. The molecule has 2 atom stereocenters. The van der Waals surface area contributed by atoms with Gasteiger partial charge in [-0.2, -0.15) is 0 Å². The zero-order valence-electron chi connectivity index (χ0n) is 9.08. The number of aliphatic hydroxyl groups is 2. The van der Waals surface area contributed by atoms with Crippen molar-refractivity contribution in [2.75, 3.05) is 6.54 Å². The molecule has 0 bridgehead atoms. The van der Waals surface area contributed by atoms with E-state index in [1.807, 2.05) is 6.92 Å². The van der Waals surface area contributed by atoms with Crippen molar-refractivity contribution in [1.29, 1.82) is 0 Å². The lowest BCUT2D eigenvalue weighted by molar-refractivity contribution is -0.0510. The highest BCUT2D eigenvalue weighted by atomic mass is 16.3. The highest BCUT2D eigenvalue weighted by molar-refractivity contribution is 4.86. The van der Waals surface area contributed by atoms with Gasteiger partial charge in [-0.3, -0.25) is 0 Å². The van der Waals surface area contributed by atoms with E-state index in [1.54, 1.807) is 0 Å². The van der Waals surface area contributed by atoms with E-state index in [2.05, 4.69) is 0 Å². The molecule has 4 N–H and O–H groups in total. The fourth-order valence-corrected chi connectivity index (χ4v) is 2.45. The molecule has 3 nitrogen and oxygen atoms in total. The van der Waals surface area contributed by atoms with E-state index in [-0.39, 0.29) is 6.54 Å². The number of rotatable bonds is 4. The predicted molar refractivity (Wildman–Crippen MR) is 56.9 cm³/mol. The lowest BCUT2D eigenvalue weighted by atomic mass is 9.75. The lowest BCUT2D eigenvalue weighted by Gasteiger charge is -2.36. The van der Waals surface area contributed by atoms with Crippen LogP contribution in [0, 0.1) is 5.92 Å². The predicted octanol–water partition coefficient (Wildman–Crippen LogP) is 1.03. The second-order valence-electron chi connectivity index (χ2n) is 4.79. The minimum atomic E-state index is -0.737. The van der Waals surface area contributed by atoms with Crippen LogP contribution in [0.15, 0.2) is 0 Å². The van der Waals surface area contributed by atoms with Crippen LogP contribution in [0.4, 0.5) is 0 Å². The molecule has 1 fully saturated rings. The van der Waals surface area contributed by atoms with E-state index in [0.29, 0.717) is 12.3 Å². The van der Waals surface area contributed by atoms with Crippen LogP contribution in [-0.4, -0.2) is 28.5 Å². The van der Waals surface area contributed by atoms with Crippen molar-refractivity contribution >= 4 is 0 Å². The van der Waals surface area contributed by atoms with Crippen molar-refractivity contribution in [2.24, 2.45) is 11.7 Å². The fourth-order valence-electron chi connectivity index (χ4n) is 2.45. The zero-order chi connectivity index (χ0) is 10.6. The Kier molecular flexibility index (Phi) is 4.35. The van der Waals surface area contributed by atoms with Gasteiger partial charge < -0.3 is 15.9 Å². The average Bonchev–Trinajstić information content (AvgIpc) is 2.18. The summed E-state index contributed by atoms with van der Waals surface area (Å²) in [4.78, 5) is 0. The standard InChI is InChI=1S/C11H23NO2/c1-11(14,7-10(13)8-12)9-5-3-2-4-6-9/h9-10,13-14H,2-8,12H2,1H3. The Morgan fingerprint density at radius 3 is 2.43 bits per heavy atom. The van der Waals surface area contributed by atoms with E-state index >= 15 is 0 Å². The SMILES string of the molecule is CC(O)(CC(O)CN)C1CCCCC1. The number of hydrogen-bond donors (Lipinski definition) is 3. The van der Waals surface area contributed by atoms with Crippen LogP contribution in [0.1, 0.15) is 45.4 Å². The summed E-state index contributed by atoms with van der Waals surface area (Å²) in [6.07, 6.45) is 5.72. The summed E-state index contributed by atoms with van der Waals surface area (Å²) in [6.45, 7) is 2.07. The Bertz CT molecular complexity index is 165. The van der Waals surface area contributed by atoms with E-state index in [1.165, 1.54) is 19.3 Å². The van der Waals surface area contributed by atoms with Crippen LogP contribution in [-0.2, 0) is 0 Å². The number of hydrogen-bond acceptors (Lipinski definition) is 3. The Hall–Kier alpha value is -0.120. The van der Waals surface area contributed by atoms with Gasteiger partial charge in [0.15, 0.2) is 0 Å². The Morgan fingerprint density at radius 1 is 1.36 bits per heavy atom. The summed E-state index contributed by atoms with van der Waals surface area (Å²) in [5.41, 5.74) is 4.61. The second-order valence-corrected chi connectivity index (χ2v) is 4.79. The molecule has 1 rings (SSSR count). The molecule has 0 aromatic rings. The summed E-state index contributed by atoms with van der Waals surface area (Å²) in [7, 11) is 0. The summed E-state index contributed by atoms with van der Waals surface area (Å²) < 4.78 is 0. The van der Waals surface area contributed by atoms with Crippen molar-refractivity contribution in [2.45, 2.75) is 57.2 Å². The van der Waals surface area contributed by atoms with Crippen molar-refractivity contribution < 1.29 is 10.2 Å². The second kappa shape index (κ2) is 5.10. The minimum absolute atomic E-state index is 0.239. The van der Waals surface area contributed by atoms with Gasteiger partial charge >= 0.3 is 0 Å². The van der Waals surface area contributed by atoms with Crippen molar-refractivity contribution in [1.82, 2.24) is 0 Å². The topological polar surface area (TPSA) is 66.5 Å². The smallest absolute Gasteiger partial charge is 0.0689 e. The fraction of sp³-hybridized carbons (Fsp3) is 1.00. The molecule has 1 saturated carbocycles. The molecule has 0 aliphatic heterocycles. The lowest BCUT2D eigenvalue weighted by Crippen LogP contribution is -2.41. The van der Waals surface area contributed by atoms with Crippen molar-refractivity contribution in [3.63, 3.8) is 0 Å². The van der Waals surface area contributed by atoms with E-state index in [0.717, 1.165) is 12.8 Å². The van der Waals surface area contributed by atoms with Crippen molar-refractivity contribution in [3.8, 4) is 0 Å². The van der Waals surface area contributed by atoms with Gasteiger partial charge in [0.1, 0.15) is 0 Å². The van der Waals surface area contributed by atoms with Crippen LogP contribution in [0.2, 0.25) is 0 Å². The molecule has 0 aromatic carbocycles. The molecule has 0 saturated heterocycles. The van der Waals surface area contributed by atoms with Crippen LogP contribution < -0.4 is 5.73 Å². The molecular formula is C11H23NO2. The Morgan fingerprint density at radius 2 is 1.93 bits per heavy atom. The zero-order valence-corrected chi connectivity index (χ0v) is 9.08. The van der Waals surface area contributed by atoms with Gasteiger partial charge in [-0.05, 0) is 25.7 Å². The molecular weight excluding hydrogens is 178 g/mol. The third-order valence-electron chi connectivity index (χ3n) is 3.41. The highest BCUT2D eigenvalue weighted by Gasteiger charge is 2.34. The summed E-state index contributed by atoms with van der Waals surface area (Å²) in [5, 5.41) is 19.7. The van der Waals surface area contributed by atoms with E-state index < -0.39 is 11.7 Å². The van der Waals surface area contributed by atoms with E-state index in [4.69, 9.17) is 5.73 Å². The van der Waals surface area contributed by atoms with Gasteiger partial charge in [0.25, 0.3) is 0 Å². The van der Waals surface area contributed by atoms with E-state index in [9.17, 15) is 10.2 Å². The van der Waals surface area contributed by atoms with Gasteiger partial charge in [-0.15, -0.1) is 0 Å². The van der Waals surface area contributed by atoms with Gasteiger partial charge in [-0.25, -0.2) is 0 Å². The van der Waals surface area contributed by atoms with Gasteiger partial charge in [0.05, 0.1) is 11.7 Å². The van der Waals surface area contributed by atoms with Crippen LogP contribution >= 0.6 is 0 Å². The highest BCUT2D eigenvalue weighted by Crippen LogP contribution is 2.34. The monoisotopic (exact) mass is 201 g/mol. The van der Waals surface area contributed by atoms with Gasteiger partial charge in [0.2, 0.25) is 0 Å². The quantitative estimate of drug-likeness (QED) is 0.636. The summed E-state index contributed by atoms with van der Waals surface area (Å²) in [5.74, 6) is 0.345. The van der Waals surface area contributed by atoms with Crippen LogP contribution in [0.5, 0.6) is 0 Å². The largest absolute Gasteiger partial charge is 0.392 e. The maximum atomic E-state index is 10.2. The first kappa shape index (κ1) is 12.0. The maximum Gasteiger partial charge on any atom is 0.0689 e. The minimum Gasteiger partial charge on any atom is -0.392 e. The van der Waals surface area contributed by atoms with Crippen molar-refractivity contribution in [3.05, 3.63) is 0 Å². The molecule has 1 aliphatic carbocycles. The Balaban J connectivity index is 2.45. The molecule has 14 heavy (non-hydrogen) atoms. The number of aliphatic hydroxyl groups excluding tert-OH is 1. The van der Waals surface area contributed by atoms with Gasteiger partial charge in [0, 0.05) is 13.0 Å². The number of nitrogens with two attached hydrogens (primary N) is 1. The first-order valence-electron chi connectivity index (χ1n) is 5.67. The molecule has 3 heteroatoms. The first-order chi connectivity index (χ1) is 6.56. The molecule has 0 radical (unpaired) electrons. The third-order valence-corrected chi connectivity index (χ3v) is 3.41. The first-order valence-corrected chi connectivity index (χ1v) is 5.67. The van der Waals surface area contributed by atoms with Crippen LogP contribution in [0.25, 0.3) is 0 Å². The third kappa shape index (κ3) is 3.23. The summed E-state index contributed by atoms with van der Waals surface area (Å²) in [6, 6.07) is 0. The maximum absolute atomic E-state index is 10.2. The molecule has 0 spiro atoms. The van der Waals surface area contributed by atoms with Gasteiger partial charge in [-0.1, -0.05) is 19.3 Å². The molecule has 0 aromatic heterocycles. The summed E-state index contributed by atoms with van der Waals surface area (Å²) >= 11 is 0. The molecule has 1 aliphatic rings. The molecule has 84 valence electrons.